The Hall–Kier alpha value is -1.23. The largest absolute Gasteiger partial charge is 0.492 e. The van der Waals surface area contributed by atoms with Crippen LogP contribution in [0.3, 0.4) is 0 Å². The molecule has 5 heteroatoms. The van der Waals surface area contributed by atoms with E-state index in [9.17, 15) is 0 Å². The minimum Gasteiger partial charge on any atom is -0.492 e. The Balaban J connectivity index is 1.79. The first-order valence-corrected chi connectivity index (χ1v) is 7.25. The third kappa shape index (κ3) is 2.71. The maximum Gasteiger partial charge on any atom is 0.124 e. The second-order valence-electron chi connectivity index (χ2n) is 4.35. The van der Waals surface area contributed by atoms with Crippen molar-refractivity contribution in [3.8, 4) is 5.75 Å². The van der Waals surface area contributed by atoms with Gasteiger partial charge >= 0.3 is 0 Å². The lowest BCUT2D eigenvalue weighted by atomic mass is 10.0. The van der Waals surface area contributed by atoms with Crippen molar-refractivity contribution >= 4 is 23.4 Å². The van der Waals surface area contributed by atoms with E-state index in [2.05, 4.69) is 4.98 Å². The molecule has 2 unspecified atom stereocenters. The number of thioether (sulfide) groups is 1. The smallest absolute Gasteiger partial charge is 0.124 e. The summed E-state index contributed by atoms with van der Waals surface area (Å²) in [6.45, 7) is 0.590. The monoisotopic (exact) mass is 292 g/mol. The van der Waals surface area contributed by atoms with Crippen LogP contribution in [0.4, 0.5) is 0 Å². The van der Waals surface area contributed by atoms with Gasteiger partial charge in [0, 0.05) is 17.8 Å². The maximum absolute atomic E-state index is 6.31. The molecule has 0 amide bonds. The zero-order valence-corrected chi connectivity index (χ0v) is 11.7. The van der Waals surface area contributed by atoms with Gasteiger partial charge in [0.25, 0.3) is 0 Å². The number of fused-ring (bicyclic) bond motifs is 1. The Bertz CT molecular complexity index is 576. The summed E-state index contributed by atoms with van der Waals surface area (Å²) in [5.41, 5.74) is 7.37. The van der Waals surface area contributed by atoms with Crippen molar-refractivity contribution in [2.24, 2.45) is 5.73 Å². The molecule has 0 radical (unpaired) electrons. The zero-order chi connectivity index (χ0) is 13.2. The normalized spacial score (nSPS) is 21.6. The van der Waals surface area contributed by atoms with E-state index in [1.165, 1.54) is 0 Å². The van der Waals surface area contributed by atoms with Crippen LogP contribution in [0.1, 0.15) is 11.6 Å². The van der Waals surface area contributed by atoms with Crippen LogP contribution in [-0.2, 0) is 0 Å². The number of hydrogen-bond donors (Lipinski definition) is 1. The van der Waals surface area contributed by atoms with E-state index < -0.39 is 0 Å². The number of nitrogens with two attached hydrogens (primary N) is 1. The molecule has 1 aliphatic heterocycles. The molecule has 2 heterocycles. The van der Waals surface area contributed by atoms with Gasteiger partial charge in [-0.25, -0.2) is 4.98 Å². The van der Waals surface area contributed by atoms with Gasteiger partial charge in [-0.05, 0) is 18.2 Å². The number of para-hydroxylation sites is 1. The van der Waals surface area contributed by atoms with E-state index in [0.717, 1.165) is 16.3 Å². The fourth-order valence-corrected chi connectivity index (χ4v) is 3.17. The topological polar surface area (TPSA) is 48.1 Å². The quantitative estimate of drug-likeness (QED) is 0.923. The summed E-state index contributed by atoms with van der Waals surface area (Å²) in [7, 11) is 0. The summed E-state index contributed by atoms with van der Waals surface area (Å²) in [6, 6.07) is 11.6. The van der Waals surface area contributed by atoms with Gasteiger partial charge in [0.1, 0.15) is 12.4 Å². The predicted octanol–water partition coefficient (Wildman–Crippen LogP) is 3.29. The Kier molecular flexibility index (Phi) is 3.64. The van der Waals surface area contributed by atoms with Crippen LogP contribution in [0.2, 0.25) is 5.02 Å². The highest BCUT2D eigenvalue weighted by molar-refractivity contribution is 7.99. The van der Waals surface area contributed by atoms with E-state index in [4.69, 9.17) is 22.1 Å². The highest BCUT2D eigenvalue weighted by atomic mass is 35.5. The number of nitrogens with zero attached hydrogens (tertiary/aromatic N) is 1. The number of aromatic nitrogens is 1. The summed E-state index contributed by atoms with van der Waals surface area (Å²) >= 11 is 7.45. The molecule has 2 N–H and O–H groups in total. The lowest BCUT2D eigenvalue weighted by Crippen LogP contribution is -2.33. The molecule has 2 aromatic rings. The molecule has 98 valence electrons. The molecule has 19 heavy (non-hydrogen) atoms. The fraction of sp³-hybridized carbons (Fsp3) is 0.214. The van der Waals surface area contributed by atoms with Crippen molar-refractivity contribution in [3.05, 3.63) is 53.2 Å². The highest BCUT2D eigenvalue weighted by Gasteiger charge is 2.28. The van der Waals surface area contributed by atoms with Crippen LogP contribution in [0.15, 0.2) is 47.6 Å². The van der Waals surface area contributed by atoms with Gasteiger partial charge in [-0.2, -0.15) is 0 Å². The van der Waals surface area contributed by atoms with Crippen LogP contribution in [0.25, 0.3) is 0 Å². The van der Waals surface area contributed by atoms with E-state index in [-0.39, 0.29) is 11.3 Å². The lowest BCUT2D eigenvalue weighted by molar-refractivity contribution is 0.276. The molecule has 0 spiro atoms. The number of hydrogen-bond acceptors (Lipinski definition) is 4. The lowest BCUT2D eigenvalue weighted by Gasteiger charge is -2.30. The molecule has 1 aliphatic rings. The van der Waals surface area contributed by atoms with Crippen molar-refractivity contribution < 1.29 is 4.74 Å². The Morgan fingerprint density at radius 2 is 2.11 bits per heavy atom. The molecule has 0 aliphatic carbocycles. The maximum atomic E-state index is 6.31. The molecule has 1 aromatic carbocycles. The molecule has 0 saturated heterocycles. The van der Waals surface area contributed by atoms with Gasteiger partial charge in [-0.3, -0.25) is 0 Å². The summed E-state index contributed by atoms with van der Waals surface area (Å²) < 4.78 is 5.75. The number of benzene rings is 1. The molecule has 3 nitrogen and oxygen atoms in total. The summed E-state index contributed by atoms with van der Waals surface area (Å²) in [5.74, 6) is 0.885. The minimum atomic E-state index is -0.0487. The van der Waals surface area contributed by atoms with Crippen molar-refractivity contribution in [2.45, 2.75) is 16.3 Å². The van der Waals surface area contributed by atoms with E-state index in [0.29, 0.717) is 11.6 Å². The Labute approximate surface area is 121 Å². The molecule has 0 bridgehead atoms. The standard InChI is InChI=1S/C14H13ClN2OS/c15-9-5-6-13(17-7-9)19-12-8-18-11-4-2-1-3-10(11)14(12)16/h1-7,12,14H,8,16H2. The SMILES string of the molecule is NC1c2ccccc2OCC1Sc1ccc(Cl)cn1. The third-order valence-corrected chi connectivity index (χ3v) is 4.49. The Morgan fingerprint density at radius 3 is 2.89 bits per heavy atom. The molecule has 0 fully saturated rings. The average molecular weight is 293 g/mol. The molecule has 0 saturated carbocycles. The van der Waals surface area contributed by atoms with Crippen LogP contribution in [0.5, 0.6) is 5.75 Å². The first kappa shape index (κ1) is 12.8. The first-order valence-electron chi connectivity index (χ1n) is 5.99. The number of halogens is 1. The van der Waals surface area contributed by atoms with Gasteiger partial charge in [0.15, 0.2) is 0 Å². The van der Waals surface area contributed by atoms with E-state index >= 15 is 0 Å². The van der Waals surface area contributed by atoms with Gasteiger partial charge in [0.2, 0.25) is 0 Å². The van der Waals surface area contributed by atoms with E-state index in [1.807, 2.05) is 36.4 Å². The summed E-state index contributed by atoms with van der Waals surface area (Å²) in [5, 5.41) is 1.70. The molecule has 2 atom stereocenters. The first-order chi connectivity index (χ1) is 9.24. The van der Waals surface area contributed by atoms with Gasteiger partial charge < -0.3 is 10.5 Å². The van der Waals surface area contributed by atoms with Gasteiger partial charge in [-0.15, -0.1) is 0 Å². The summed E-state index contributed by atoms with van der Waals surface area (Å²) in [6.07, 6.45) is 1.65. The number of rotatable bonds is 2. The molecule has 1 aromatic heterocycles. The molecular formula is C14H13ClN2OS. The zero-order valence-electron chi connectivity index (χ0n) is 10.1. The second kappa shape index (κ2) is 5.41. The van der Waals surface area contributed by atoms with Crippen molar-refractivity contribution in [1.29, 1.82) is 0 Å². The highest BCUT2D eigenvalue weighted by Crippen LogP contribution is 2.37. The van der Waals surface area contributed by atoms with Gasteiger partial charge in [0.05, 0.1) is 15.3 Å². The van der Waals surface area contributed by atoms with Gasteiger partial charge in [-0.1, -0.05) is 41.6 Å². The number of ether oxygens (including phenoxy) is 1. The van der Waals surface area contributed by atoms with E-state index in [1.54, 1.807) is 18.0 Å². The summed E-state index contributed by atoms with van der Waals surface area (Å²) in [4.78, 5) is 4.28. The molecular weight excluding hydrogens is 280 g/mol. The van der Waals surface area contributed by atoms with Crippen LogP contribution in [-0.4, -0.2) is 16.8 Å². The predicted molar refractivity (Wildman–Crippen MR) is 77.8 cm³/mol. The second-order valence-corrected chi connectivity index (χ2v) is 6.04. The van der Waals surface area contributed by atoms with Crippen molar-refractivity contribution in [3.63, 3.8) is 0 Å². The molecule has 3 rings (SSSR count). The average Bonchev–Trinajstić information content (AvgIpc) is 2.45. The van der Waals surface area contributed by atoms with Crippen LogP contribution >= 0.6 is 23.4 Å². The van der Waals surface area contributed by atoms with Crippen molar-refractivity contribution in [1.82, 2.24) is 4.98 Å². The number of pyridine rings is 1. The minimum absolute atomic E-state index is 0.0487. The third-order valence-electron chi connectivity index (χ3n) is 3.05. The van der Waals surface area contributed by atoms with Crippen LogP contribution < -0.4 is 10.5 Å². The fourth-order valence-electron chi connectivity index (χ4n) is 2.06. The van der Waals surface area contributed by atoms with Crippen LogP contribution in [0, 0.1) is 0 Å². The Morgan fingerprint density at radius 1 is 1.26 bits per heavy atom. The van der Waals surface area contributed by atoms with Crippen molar-refractivity contribution in [2.75, 3.05) is 6.61 Å².